The third kappa shape index (κ3) is 7.84. The Hall–Kier alpha value is -2.64. The molecule has 1 amide bonds. The second-order valence-corrected chi connectivity index (χ2v) is 8.61. The van der Waals surface area contributed by atoms with Crippen molar-refractivity contribution in [2.24, 2.45) is 11.8 Å². The van der Waals surface area contributed by atoms with Gasteiger partial charge in [-0.1, -0.05) is 12.1 Å². The van der Waals surface area contributed by atoms with E-state index in [0.29, 0.717) is 13.2 Å². The molecule has 31 heavy (non-hydrogen) atoms. The number of nitrogens with one attached hydrogen (secondary N) is 1. The first-order valence-electron chi connectivity index (χ1n) is 10.9. The summed E-state index contributed by atoms with van der Waals surface area (Å²) in [6, 6.07) is 11.0. The Labute approximate surface area is 185 Å². The quantitative estimate of drug-likeness (QED) is 0.568. The second-order valence-electron chi connectivity index (χ2n) is 8.61. The first-order valence-corrected chi connectivity index (χ1v) is 10.9. The lowest BCUT2D eigenvalue weighted by Crippen LogP contribution is -2.47. The van der Waals surface area contributed by atoms with Gasteiger partial charge in [-0.3, -0.25) is 14.7 Å². The maximum atomic E-state index is 12.9. The van der Waals surface area contributed by atoms with Gasteiger partial charge >= 0.3 is 0 Å². The van der Waals surface area contributed by atoms with E-state index in [0.717, 1.165) is 50.3 Å². The average molecular weight is 427 g/mol. The summed E-state index contributed by atoms with van der Waals surface area (Å²) >= 11 is 0. The molecule has 1 fully saturated rings. The van der Waals surface area contributed by atoms with Crippen LogP contribution in [0.3, 0.4) is 0 Å². The molecule has 168 valence electrons. The number of nitrogens with zero attached hydrogens (tertiary/aromatic N) is 3. The maximum absolute atomic E-state index is 12.9. The van der Waals surface area contributed by atoms with E-state index < -0.39 is 0 Å². The highest BCUT2D eigenvalue weighted by Gasteiger charge is 2.32. The van der Waals surface area contributed by atoms with E-state index >= 15 is 0 Å². The lowest BCUT2D eigenvalue weighted by molar-refractivity contribution is -0.127. The molecule has 1 saturated heterocycles. The maximum Gasteiger partial charge on any atom is 0.224 e. The van der Waals surface area contributed by atoms with Crippen molar-refractivity contribution in [1.29, 1.82) is 0 Å². The Morgan fingerprint density at radius 2 is 2.06 bits per heavy atom. The molecule has 7 nitrogen and oxygen atoms in total. The number of piperidine rings is 1. The minimum absolute atomic E-state index is 0.0623. The standard InChI is InChI=1S/C24H34N4O3/c1-27(2)12-4-11-26-24(30)21-13-20(18-31-23-5-3-10-25-14-23)16-28(17-21)15-19-6-8-22(29)9-7-19/h3,5-10,14,20-21,29H,4,11-13,15-18H2,1-2H3,(H,26,30)/t20-,21+/m0/s1. The Morgan fingerprint density at radius 3 is 2.77 bits per heavy atom. The summed E-state index contributed by atoms with van der Waals surface area (Å²) in [6.07, 6.45) is 5.19. The van der Waals surface area contributed by atoms with Crippen LogP contribution in [0.1, 0.15) is 18.4 Å². The number of benzene rings is 1. The number of pyridine rings is 1. The molecule has 1 aromatic heterocycles. The number of carbonyl (C=O) groups is 1. The highest BCUT2D eigenvalue weighted by atomic mass is 16.5. The van der Waals surface area contributed by atoms with Crippen molar-refractivity contribution < 1.29 is 14.6 Å². The molecule has 1 aromatic carbocycles. The van der Waals surface area contributed by atoms with Crippen molar-refractivity contribution in [2.45, 2.75) is 19.4 Å². The minimum atomic E-state index is -0.0623. The van der Waals surface area contributed by atoms with Gasteiger partial charge in [-0.25, -0.2) is 0 Å². The number of ether oxygens (including phenoxy) is 1. The predicted octanol–water partition coefficient (Wildman–Crippen LogP) is 2.37. The molecular formula is C24H34N4O3. The summed E-state index contributed by atoms with van der Waals surface area (Å²) in [6.45, 7) is 4.55. The third-order valence-corrected chi connectivity index (χ3v) is 5.53. The zero-order chi connectivity index (χ0) is 22.1. The van der Waals surface area contributed by atoms with Crippen molar-refractivity contribution in [3.63, 3.8) is 0 Å². The van der Waals surface area contributed by atoms with Crippen LogP contribution in [0.4, 0.5) is 0 Å². The zero-order valence-corrected chi connectivity index (χ0v) is 18.5. The van der Waals surface area contributed by atoms with Crippen LogP contribution in [0, 0.1) is 11.8 Å². The van der Waals surface area contributed by atoms with Gasteiger partial charge in [-0.05, 0) is 63.3 Å². The fraction of sp³-hybridized carbons (Fsp3) is 0.500. The first-order chi connectivity index (χ1) is 15.0. The van der Waals surface area contributed by atoms with Crippen molar-refractivity contribution in [2.75, 3.05) is 46.9 Å². The smallest absolute Gasteiger partial charge is 0.224 e. The van der Waals surface area contributed by atoms with Crippen LogP contribution in [0.25, 0.3) is 0 Å². The van der Waals surface area contributed by atoms with Gasteiger partial charge in [-0.2, -0.15) is 0 Å². The number of amides is 1. The molecule has 0 spiro atoms. The number of aromatic hydroxyl groups is 1. The molecule has 0 unspecified atom stereocenters. The zero-order valence-electron chi connectivity index (χ0n) is 18.5. The number of rotatable bonds is 10. The van der Waals surface area contributed by atoms with Crippen molar-refractivity contribution >= 4 is 5.91 Å². The summed E-state index contributed by atoms with van der Waals surface area (Å²) in [7, 11) is 4.08. The van der Waals surface area contributed by atoms with Crippen LogP contribution >= 0.6 is 0 Å². The summed E-state index contributed by atoms with van der Waals surface area (Å²) in [5.74, 6) is 1.33. The molecule has 7 heteroatoms. The lowest BCUT2D eigenvalue weighted by Gasteiger charge is -2.37. The van der Waals surface area contributed by atoms with Gasteiger partial charge in [0.25, 0.3) is 0 Å². The molecule has 2 aromatic rings. The molecule has 0 bridgehead atoms. The lowest BCUT2D eigenvalue weighted by atomic mass is 9.88. The number of phenolic OH excluding ortho intramolecular Hbond substituents is 1. The number of hydrogen-bond acceptors (Lipinski definition) is 6. The van der Waals surface area contributed by atoms with Gasteiger partial charge in [0.1, 0.15) is 11.5 Å². The Morgan fingerprint density at radius 1 is 1.26 bits per heavy atom. The highest BCUT2D eigenvalue weighted by molar-refractivity contribution is 5.79. The van der Waals surface area contributed by atoms with Gasteiger partial charge in [-0.15, -0.1) is 0 Å². The second kappa shape index (κ2) is 11.7. The third-order valence-electron chi connectivity index (χ3n) is 5.53. The number of phenols is 1. The van der Waals surface area contributed by atoms with Crippen LogP contribution in [0.15, 0.2) is 48.8 Å². The molecule has 0 aliphatic carbocycles. The molecule has 2 atom stereocenters. The van der Waals surface area contributed by atoms with Crippen LogP contribution in [-0.4, -0.2) is 72.7 Å². The first kappa shape index (κ1) is 23.0. The number of hydrogen-bond donors (Lipinski definition) is 2. The van der Waals surface area contributed by atoms with Gasteiger partial charge < -0.3 is 20.1 Å². The fourth-order valence-electron chi connectivity index (χ4n) is 4.00. The SMILES string of the molecule is CN(C)CCCNC(=O)[C@@H]1C[C@H](COc2cccnc2)CN(Cc2ccc(O)cc2)C1. The Balaban J connectivity index is 1.59. The molecule has 0 radical (unpaired) electrons. The van der Waals surface area contributed by atoms with Gasteiger partial charge in [0.15, 0.2) is 0 Å². The van der Waals surface area contributed by atoms with E-state index in [1.165, 1.54) is 0 Å². The molecule has 2 heterocycles. The monoisotopic (exact) mass is 426 g/mol. The van der Waals surface area contributed by atoms with Gasteiger partial charge in [0, 0.05) is 38.3 Å². The largest absolute Gasteiger partial charge is 0.508 e. The minimum Gasteiger partial charge on any atom is -0.508 e. The number of likely N-dealkylation sites (tertiary alicyclic amines) is 1. The van der Waals surface area contributed by atoms with Gasteiger partial charge in [0.2, 0.25) is 5.91 Å². The molecule has 1 aliphatic rings. The summed E-state index contributed by atoms with van der Waals surface area (Å²) in [5.41, 5.74) is 1.12. The summed E-state index contributed by atoms with van der Waals surface area (Å²) in [5, 5.41) is 12.7. The fourth-order valence-corrected chi connectivity index (χ4v) is 4.00. The van der Waals surface area contributed by atoms with E-state index in [4.69, 9.17) is 4.74 Å². The molecule has 0 saturated carbocycles. The number of aromatic nitrogens is 1. The van der Waals surface area contributed by atoms with Crippen LogP contribution in [-0.2, 0) is 11.3 Å². The Kier molecular flexibility index (Phi) is 8.67. The Bertz CT molecular complexity index is 798. The van der Waals surface area contributed by atoms with Crippen molar-refractivity contribution in [3.8, 4) is 11.5 Å². The highest BCUT2D eigenvalue weighted by Crippen LogP contribution is 2.25. The van der Waals surface area contributed by atoms with Crippen LogP contribution < -0.4 is 10.1 Å². The van der Waals surface area contributed by atoms with E-state index in [9.17, 15) is 9.90 Å². The summed E-state index contributed by atoms with van der Waals surface area (Å²) < 4.78 is 5.95. The van der Waals surface area contributed by atoms with Crippen LogP contribution in [0.2, 0.25) is 0 Å². The molecule has 1 aliphatic heterocycles. The molecule has 2 N–H and O–H groups in total. The normalized spacial score (nSPS) is 19.3. The molecular weight excluding hydrogens is 392 g/mol. The predicted molar refractivity (Wildman–Crippen MR) is 121 cm³/mol. The van der Waals surface area contributed by atoms with Crippen molar-refractivity contribution in [3.05, 3.63) is 54.4 Å². The van der Waals surface area contributed by atoms with E-state index in [-0.39, 0.29) is 23.5 Å². The van der Waals surface area contributed by atoms with E-state index in [1.807, 2.05) is 38.4 Å². The number of carbonyl (C=O) groups excluding carboxylic acids is 1. The summed E-state index contributed by atoms with van der Waals surface area (Å²) in [4.78, 5) is 21.4. The van der Waals surface area contributed by atoms with Crippen LogP contribution in [0.5, 0.6) is 11.5 Å². The topological polar surface area (TPSA) is 77.9 Å². The van der Waals surface area contributed by atoms with Gasteiger partial charge in [0.05, 0.1) is 18.7 Å². The molecule has 3 rings (SSSR count). The average Bonchev–Trinajstić information content (AvgIpc) is 2.77. The van der Waals surface area contributed by atoms with E-state index in [1.54, 1.807) is 24.5 Å². The van der Waals surface area contributed by atoms with E-state index in [2.05, 4.69) is 20.1 Å². The van der Waals surface area contributed by atoms with Crippen molar-refractivity contribution in [1.82, 2.24) is 20.1 Å².